The van der Waals surface area contributed by atoms with Crippen LogP contribution in [0, 0.1) is 5.92 Å². The molecular weight excluding hydrogens is 260 g/mol. The number of phenolic OH excluding ortho intramolecular Hbond substituents is 1. The van der Waals surface area contributed by atoms with E-state index in [-0.39, 0.29) is 11.7 Å². The van der Waals surface area contributed by atoms with Crippen LogP contribution in [0.1, 0.15) is 20.3 Å². The monoisotopic (exact) mass is 280 g/mol. The summed E-state index contributed by atoms with van der Waals surface area (Å²) in [5.74, 6) is -1.19. The Balaban J connectivity index is 2.81. The largest absolute Gasteiger partial charge is 0.508 e. The number of benzene rings is 1. The summed E-state index contributed by atoms with van der Waals surface area (Å²) in [5, 5.41) is 21.0. The van der Waals surface area contributed by atoms with Gasteiger partial charge in [0.05, 0.1) is 0 Å². The van der Waals surface area contributed by atoms with E-state index in [0.717, 1.165) is 0 Å². The van der Waals surface area contributed by atoms with Crippen molar-refractivity contribution in [2.45, 2.75) is 26.3 Å². The molecule has 6 heteroatoms. The fourth-order valence-electron chi connectivity index (χ4n) is 1.73. The van der Waals surface area contributed by atoms with Crippen LogP contribution in [0.25, 0.3) is 0 Å². The quantitative estimate of drug-likeness (QED) is 0.770. The number of aliphatic carboxylic acids is 1. The second kappa shape index (κ2) is 6.79. The zero-order valence-corrected chi connectivity index (χ0v) is 11.8. The van der Waals surface area contributed by atoms with Gasteiger partial charge in [-0.1, -0.05) is 26.3 Å². The van der Waals surface area contributed by atoms with Gasteiger partial charge in [0.2, 0.25) is 0 Å². The number of carbonyl (C=O) groups excluding carboxylic acids is 1. The van der Waals surface area contributed by atoms with E-state index in [0.29, 0.717) is 12.1 Å². The van der Waals surface area contributed by atoms with Crippen LogP contribution in [0.2, 0.25) is 0 Å². The summed E-state index contributed by atoms with van der Waals surface area (Å²) < 4.78 is 0. The number of nitrogens with zero attached hydrogens (tertiary/aromatic N) is 1. The minimum absolute atomic E-state index is 0.0406. The van der Waals surface area contributed by atoms with E-state index >= 15 is 0 Å². The zero-order chi connectivity index (χ0) is 15.3. The second-order valence-electron chi connectivity index (χ2n) is 4.73. The van der Waals surface area contributed by atoms with Gasteiger partial charge in [0, 0.05) is 18.8 Å². The lowest BCUT2D eigenvalue weighted by molar-refractivity contribution is -0.140. The molecule has 2 amide bonds. The van der Waals surface area contributed by atoms with Gasteiger partial charge in [-0.25, -0.2) is 9.59 Å². The summed E-state index contributed by atoms with van der Waals surface area (Å²) in [4.78, 5) is 24.5. The fourth-order valence-corrected chi connectivity index (χ4v) is 1.73. The molecule has 1 aromatic rings. The number of hydrogen-bond acceptors (Lipinski definition) is 3. The molecule has 1 rings (SSSR count). The molecule has 0 aliphatic carbocycles. The molecule has 3 N–H and O–H groups in total. The highest BCUT2D eigenvalue weighted by molar-refractivity contribution is 5.94. The number of nitrogens with one attached hydrogen (secondary N) is 1. The van der Waals surface area contributed by atoms with Crippen molar-refractivity contribution >= 4 is 17.7 Å². The zero-order valence-electron chi connectivity index (χ0n) is 11.8. The Morgan fingerprint density at radius 3 is 2.55 bits per heavy atom. The topological polar surface area (TPSA) is 89.9 Å². The predicted octanol–water partition coefficient (Wildman–Crippen LogP) is 2.04. The molecule has 0 saturated heterocycles. The predicted molar refractivity (Wildman–Crippen MR) is 75.9 cm³/mol. The SMILES string of the molecule is CCC(C)C(NC(=O)N(C)c1cccc(O)c1)C(=O)O. The van der Waals surface area contributed by atoms with E-state index in [9.17, 15) is 14.7 Å². The van der Waals surface area contributed by atoms with E-state index in [1.807, 2.05) is 6.92 Å². The van der Waals surface area contributed by atoms with Gasteiger partial charge in [0.25, 0.3) is 0 Å². The van der Waals surface area contributed by atoms with Crippen molar-refractivity contribution in [3.8, 4) is 5.75 Å². The van der Waals surface area contributed by atoms with Crippen molar-refractivity contribution in [1.82, 2.24) is 5.32 Å². The van der Waals surface area contributed by atoms with Crippen molar-refractivity contribution in [1.29, 1.82) is 0 Å². The van der Waals surface area contributed by atoms with Crippen molar-refractivity contribution in [2.75, 3.05) is 11.9 Å². The van der Waals surface area contributed by atoms with Gasteiger partial charge in [-0.2, -0.15) is 0 Å². The minimum Gasteiger partial charge on any atom is -0.508 e. The number of aromatic hydroxyl groups is 1. The number of carbonyl (C=O) groups is 2. The molecule has 6 nitrogen and oxygen atoms in total. The summed E-state index contributed by atoms with van der Waals surface area (Å²) in [5.41, 5.74) is 0.482. The first-order valence-corrected chi connectivity index (χ1v) is 6.42. The summed E-state index contributed by atoms with van der Waals surface area (Å²) in [6, 6.07) is 4.72. The van der Waals surface area contributed by atoms with Crippen molar-refractivity contribution in [3.05, 3.63) is 24.3 Å². The Kier molecular flexibility index (Phi) is 5.37. The normalized spacial score (nSPS) is 13.3. The average molecular weight is 280 g/mol. The van der Waals surface area contributed by atoms with Gasteiger partial charge in [0.15, 0.2) is 0 Å². The van der Waals surface area contributed by atoms with E-state index in [2.05, 4.69) is 5.32 Å². The highest BCUT2D eigenvalue weighted by atomic mass is 16.4. The van der Waals surface area contributed by atoms with Crippen LogP contribution in [0.15, 0.2) is 24.3 Å². The Hall–Kier alpha value is -2.24. The highest BCUT2D eigenvalue weighted by Gasteiger charge is 2.26. The van der Waals surface area contributed by atoms with Crippen molar-refractivity contribution < 1.29 is 19.8 Å². The van der Waals surface area contributed by atoms with E-state index in [1.165, 1.54) is 24.1 Å². The molecule has 0 heterocycles. The summed E-state index contributed by atoms with van der Waals surface area (Å²) in [6.45, 7) is 3.64. The molecule has 0 spiro atoms. The molecule has 0 fully saturated rings. The van der Waals surface area contributed by atoms with Gasteiger partial charge in [-0.3, -0.25) is 4.90 Å². The molecule has 1 aromatic carbocycles. The number of carboxylic acid groups (broad SMARTS) is 1. The molecule has 20 heavy (non-hydrogen) atoms. The maximum Gasteiger partial charge on any atom is 0.326 e. The first kappa shape index (κ1) is 15.8. The van der Waals surface area contributed by atoms with Crippen LogP contribution in [0.5, 0.6) is 5.75 Å². The minimum atomic E-state index is -1.06. The number of amides is 2. The van der Waals surface area contributed by atoms with Crippen molar-refractivity contribution in [3.63, 3.8) is 0 Å². The Bertz CT molecular complexity index is 490. The van der Waals surface area contributed by atoms with Crippen LogP contribution >= 0.6 is 0 Å². The van der Waals surface area contributed by atoms with Crippen molar-refractivity contribution in [2.24, 2.45) is 5.92 Å². The fraction of sp³-hybridized carbons (Fsp3) is 0.429. The smallest absolute Gasteiger partial charge is 0.326 e. The summed E-state index contributed by atoms with van der Waals surface area (Å²) in [7, 11) is 1.51. The Morgan fingerprint density at radius 2 is 2.05 bits per heavy atom. The number of rotatable bonds is 5. The van der Waals surface area contributed by atoms with Crippen LogP contribution in [-0.2, 0) is 4.79 Å². The molecule has 0 saturated carbocycles. The number of phenols is 1. The lowest BCUT2D eigenvalue weighted by atomic mass is 9.99. The average Bonchev–Trinajstić information content (AvgIpc) is 2.42. The third kappa shape index (κ3) is 3.88. The number of carboxylic acids is 1. The molecule has 0 aliphatic rings. The molecule has 0 aromatic heterocycles. The van der Waals surface area contributed by atoms with Gasteiger partial charge in [-0.05, 0) is 18.1 Å². The van der Waals surface area contributed by atoms with Crippen LogP contribution in [0.3, 0.4) is 0 Å². The van der Waals surface area contributed by atoms with E-state index in [4.69, 9.17) is 5.11 Å². The number of anilines is 1. The lowest BCUT2D eigenvalue weighted by Gasteiger charge is -2.24. The number of urea groups is 1. The maximum atomic E-state index is 12.1. The first-order chi connectivity index (χ1) is 9.36. The third-order valence-corrected chi connectivity index (χ3v) is 3.28. The molecule has 0 bridgehead atoms. The van der Waals surface area contributed by atoms with Gasteiger partial charge >= 0.3 is 12.0 Å². The lowest BCUT2D eigenvalue weighted by Crippen LogP contribution is -2.49. The van der Waals surface area contributed by atoms with Crippen LogP contribution in [-0.4, -0.2) is 35.3 Å². The standard InChI is InChI=1S/C14H20N2O4/c1-4-9(2)12(13(18)19)15-14(20)16(3)10-6-5-7-11(17)8-10/h5-9,12,17H,4H2,1-3H3,(H,15,20)(H,18,19). The van der Waals surface area contributed by atoms with Gasteiger partial charge < -0.3 is 15.5 Å². The Labute approximate surface area is 118 Å². The highest BCUT2D eigenvalue weighted by Crippen LogP contribution is 2.19. The molecular formula is C14H20N2O4. The molecule has 0 aliphatic heterocycles. The van der Waals surface area contributed by atoms with E-state index in [1.54, 1.807) is 19.1 Å². The molecule has 2 unspecified atom stereocenters. The van der Waals surface area contributed by atoms with Crippen LogP contribution < -0.4 is 10.2 Å². The summed E-state index contributed by atoms with van der Waals surface area (Å²) >= 11 is 0. The Morgan fingerprint density at radius 1 is 1.40 bits per heavy atom. The van der Waals surface area contributed by atoms with Crippen LogP contribution in [0.4, 0.5) is 10.5 Å². The van der Waals surface area contributed by atoms with E-state index < -0.39 is 18.0 Å². The summed E-state index contributed by atoms with van der Waals surface area (Å²) in [6.07, 6.45) is 0.646. The molecule has 0 radical (unpaired) electrons. The number of hydrogen-bond donors (Lipinski definition) is 3. The first-order valence-electron chi connectivity index (χ1n) is 6.42. The molecule has 110 valence electrons. The second-order valence-corrected chi connectivity index (χ2v) is 4.73. The van der Waals surface area contributed by atoms with Gasteiger partial charge in [-0.15, -0.1) is 0 Å². The molecule has 2 atom stereocenters. The van der Waals surface area contributed by atoms with Gasteiger partial charge in [0.1, 0.15) is 11.8 Å². The third-order valence-electron chi connectivity index (χ3n) is 3.28. The maximum absolute atomic E-state index is 12.1.